The summed E-state index contributed by atoms with van der Waals surface area (Å²) >= 11 is 0. The summed E-state index contributed by atoms with van der Waals surface area (Å²) < 4.78 is 5.52. The molecule has 0 radical (unpaired) electrons. The lowest BCUT2D eigenvalue weighted by atomic mass is 10.0. The summed E-state index contributed by atoms with van der Waals surface area (Å²) in [6.45, 7) is 5.55. The minimum Gasteiger partial charge on any atom is -0.381 e. The molecule has 2 fully saturated rings. The van der Waals surface area contributed by atoms with E-state index in [1.165, 1.54) is 51.5 Å². The molecule has 2 nitrogen and oxygen atoms in total. The van der Waals surface area contributed by atoms with Crippen molar-refractivity contribution < 1.29 is 4.74 Å². The van der Waals surface area contributed by atoms with Crippen molar-refractivity contribution in [3.63, 3.8) is 0 Å². The van der Waals surface area contributed by atoms with Crippen molar-refractivity contribution in [2.75, 3.05) is 19.8 Å². The maximum Gasteiger partial charge on any atom is 0.0506 e. The molecule has 2 heteroatoms. The van der Waals surface area contributed by atoms with Gasteiger partial charge in [0.1, 0.15) is 0 Å². The molecule has 0 aromatic carbocycles. The zero-order chi connectivity index (χ0) is 11.2. The van der Waals surface area contributed by atoms with Gasteiger partial charge in [-0.1, -0.05) is 19.8 Å². The van der Waals surface area contributed by atoms with Gasteiger partial charge in [-0.15, -0.1) is 0 Å². The van der Waals surface area contributed by atoms with Gasteiger partial charge >= 0.3 is 0 Å². The van der Waals surface area contributed by atoms with Gasteiger partial charge in [0.2, 0.25) is 0 Å². The first-order valence-electron chi connectivity index (χ1n) is 7.15. The number of nitrogens with one attached hydrogen (secondary N) is 1. The van der Waals surface area contributed by atoms with Crippen molar-refractivity contribution in [3.8, 4) is 0 Å². The summed E-state index contributed by atoms with van der Waals surface area (Å²) in [7, 11) is 0. The lowest BCUT2D eigenvalue weighted by Crippen LogP contribution is -2.36. The first-order valence-corrected chi connectivity index (χ1v) is 7.15. The lowest BCUT2D eigenvalue weighted by Gasteiger charge is -2.25. The fourth-order valence-electron chi connectivity index (χ4n) is 2.99. The number of hydrogen-bond acceptors (Lipinski definition) is 2. The quantitative estimate of drug-likeness (QED) is 0.746. The molecule has 2 aliphatic rings. The molecule has 16 heavy (non-hydrogen) atoms. The van der Waals surface area contributed by atoms with Crippen LogP contribution in [0, 0.1) is 11.8 Å². The Morgan fingerprint density at radius 3 is 2.81 bits per heavy atom. The molecule has 2 rings (SSSR count). The molecular weight excluding hydrogens is 198 g/mol. The molecular formula is C14H27NO. The number of hydrogen-bond donors (Lipinski definition) is 1. The Hall–Kier alpha value is -0.0800. The van der Waals surface area contributed by atoms with Crippen molar-refractivity contribution in [3.05, 3.63) is 0 Å². The fourth-order valence-corrected chi connectivity index (χ4v) is 2.99. The Morgan fingerprint density at radius 2 is 2.00 bits per heavy atom. The second kappa shape index (κ2) is 6.61. The largest absolute Gasteiger partial charge is 0.381 e. The van der Waals surface area contributed by atoms with Gasteiger partial charge in [0.15, 0.2) is 0 Å². The Labute approximate surface area is 100 Å². The first-order chi connectivity index (χ1) is 7.84. The highest BCUT2D eigenvalue weighted by atomic mass is 16.5. The topological polar surface area (TPSA) is 21.3 Å². The van der Waals surface area contributed by atoms with Gasteiger partial charge in [0, 0.05) is 19.2 Å². The maximum atomic E-state index is 5.52. The maximum absolute atomic E-state index is 5.52. The SMILES string of the molecule is CC1CCCC(NCC2CCCOC2)CC1. The zero-order valence-corrected chi connectivity index (χ0v) is 10.7. The smallest absolute Gasteiger partial charge is 0.0506 e. The molecule has 1 saturated heterocycles. The molecule has 0 amide bonds. The van der Waals surface area contributed by atoms with Crippen LogP contribution in [0.5, 0.6) is 0 Å². The van der Waals surface area contributed by atoms with E-state index >= 15 is 0 Å². The summed E-state index contributed by atoms with van der Waals surface area (Å²) in [5.74, 6) is 1.72. The highest BCUT2D eigenvalue weighted by Gasteiger charge is 2.18. The van der Waals surface area contributed by atoms with Crippen LogP contribution in [0.15, 0.2) is 0 Å². The fraction of sp³-hybridized carbons (Fsp3) is 1.00. The van der Waals surface area contributed by atoms with Gasteiger partial charge in [-0.3, -0.25) is 0 Å². The normalized spacial score (nSPS) is 36.9. The Bertz CT molecular complexity index is 189. The van der Waals surface area contributed by atoms with Crippen molar-refractivity contribution >= 4 is 0 Å². The highest BCUT2D eigenvalue weighted by Crippen LogP contribution is 2.23. The molecule has 3 unspecified atom stereocenters. The molecule has 3 atom stereocenters. The minimum atomic E-state index is 0.773. The van der Waals surface area contributed by atoms with Crippen molar-refractivity contribution in [1.82, 2.24) is 5.32 Å². The second-order valence-corrected chi connectivity index (χ2v) is 5.80. The average molecular weight is 225 g/mol. The molecule has 1 saturated carbocycles. The van der Waals surface area contributed by atoms with Gasteiger partial charge in [-0.2, -0.15) is 0 Å². The minimum absolute atomic E-state index is 0.773. The first kappa shape index (κ1) is 12.4. The van der Waals surface area contributed by atoms with Crippen LogP contribution in [0.4, 0.5) is 0 Å². The van der Waals surface area contributed by atoms with Crippen molar-refractivity contribution in [1.29, 1.82) is 0 Å². The Morgan fingerprint density at radius 1 is 1.06 bits per heavy atom. The van der Waals surface area contributed by atoms with Crippen LogP contribution in [-0.2, 0) is 4.74 Å². The summed E-state index contributed by atoms with van der Waals surface area (Å²) in [5.41, 5.74) is 0. The molecule has 94 valence electrons. The number of rotatable bonds is 3. The van der Waals surface area contributed by atoms with E-state index in [0.717, 1.165) is 31.1 Å². The van der Waals surface area contributed by atoms with Crippen LogP contribution >= 0.6 is 0 Å². The van der Waals surface area contributed by atoms with E-state index in [2.05, 4.69) is 12.2 Å². The predicted molar refractivity (Wildman–Crippen MR) is 67.6 cm³/mol. The van der Waals surface area contributed by atoms with Crippen LogP contribution in [0.2, 0.25) is 0 Å². The molecule has 0 spiro atoms. The van der Waals surface area contributed by atoms with Crippen molar-refractivity contribution in [2.24, 2.45) is 11.8 Å². The molecule has 0 aromatic rings. The lowest BCUT2D eigenvalue weighted by molar-refractivity contribution is 0.0536. The molecule has 1 aliphatic carbocycles. The molecule has 0 aromatic heterocycles. The van der Waals surface area contributed by atoms with Gasteiger partial charge in [0.25, 0.3) is 0 Å². The van der Waals surface area contributed by atoms with Crippen molar-refractivity contribution in [2.45, 2.75) is 57.9 Å². The summed E-state index contributed by atoms with van der Waals surface area (Å²) in [5, 5.41) is 3.77. The van der Waals surface area contributed by atoms with Crippen LogP contribution in [0.3, 0.4) is 0 Å². The Balaban J connectivity index is 1.64. The van der Waals surface area contributed by atoms with Gasteiger partial charge in [-0.05, 0) is 43.9 Å². The standard InChI is InChI=1S/C14H27NO/c1-12-4-2-6-14(8-7-12)15-10-13-5-3-9-16-11-13/h12-15H,2-11H2,1H3. The van der Waals surface area contributed by atoms with Gasteiger partial charge in [0.05, 0.1) is 6.61 Å². The third kappa shape index (κ3) is 4.06. The summed E-state index contributed by atoms with van der Waals surface area (Å²) in [6, 6.07) is 0.784. The summed E-state index contributed by atoms with van der Waals surface area (Å²) in [6.07, 6.45) is 9.65. The third-order valence-electron chi connectivity index (χ3n) is 4.21. The van der Waals surface area contributed by atoms with Crippen LogP contribution in [0.1, 0.15) is 51.9 Å². The number of ether oxygens (including phenoxy) is 1. The van der Waals surface area contributed by atoms with E-state index < -0.39 is 0 Å². The van der Waals surface area contributed by atoms with E-state index in [9.17, 15) is 0 Å². The van der Waals surface area contributed by atoms with E-state index in [-0.39, 0.29) is 0 Å². The van der Waals surface area contributed by atoms with Gasteiger partial charge < -0.3 is 10.1 Å². The van der Waals surface area contributed by atoms with Crippen LogP contribution in [-0.4, -0.2) is 25.8 Å². The van der Waals surface area contributed by atoms with Gasteiger partial charge in [-0.25, -0.2) is 0 Å². The van der Waals surface area contributed by atoms with E-state index in [1.807, 2.05) is 0 Å². The molecule has 0 bridgehead atoms. The average Bonchev–Trinajstić information content (AvgIpc) is 2.53. The van der Waals surface area contributed by atoms with Crippen LogP contribution < -0.4 is 5.32 Å². The monoisotopic (exact) mass is 225 g/mol. The third-order valence-corrected chi connectivity index (χ3v) is 4.21. The van der Waals surface area contributed by atoms with E-state index in [0.29, 0.717) is 0 Å². The highest BCUT2D eigenvalue weighted by molar-refractivity contribution is 4.75. The predicted octanol–water partition coefficient (Wildman–Crippen LogP) is 2.97. The van der Waals surface area contributed by atoms with E-state index in [4.69, 9.17) is 4.74 Å². The van der Waals surface area contributed by atoms with Crippen LogP contribution in [0.25, 0.3) is 0 Å². The zero-order valence-electron chi connectivity index (χ0n) is 10.7. The molecule has 1 heterocycles. The second-order valence-electron chi connectivity index (χ2n) is 5.80. The van der Waals surface area contributed by atoms with E-state index in [1.54, 1.807) is 0 Å². The Kier molecular flexibility index (Phi) is 5.11. The molecule has 1 aliphatic heterocycles. The summed E-state index contributed by atoms with van der Waals surface area (Å²) in [4.78, 5) is 0. The molecule has 1 N–H and O–H groups in total.